The predicted octanol–water partition coefficient (Wildman–Crippen LogP) is 2.11. The number of hydrogen-bond donors (Lipinski definition) is 2. The lowest BCUT2D eigenvalue weighted by Gasteiger charge is -2.16. The zero-order chi connectivity index (χ0) is 15.3. The van der Waals surface area contributed by atoms with E-state index in [1.54, 1.807) is 26.0 Å². The molecule has 1 atom stereocenters. The van der Waals surface area contributed by atoms with E-state index in [4.69, 9.17) is 0 Å². The molecule has 0 saturated heterocycles. The Labute approximate surface area is 120 Å². The Morgan fingerprint density at radius 2 is 1.90 bits per heavy atom. The fraction of sp³-hybridized carbons (Fsp3) is 0.571. The Balaban J connectivity index is 2.64. The van der Waals surface area contributed by atoms with E-state index in [0.717, 1.165) is 0 Å². The molecule has 1 rings (SSSR count). The van der Waals surface area contributed by atoms with Gasteiger partial charge in [0.2, 0.25) is 10.0 Å². The molecule has 0 aromatic heterocycles. The van der Waals surface area contributed by atoms with Crippen molar-refractivity contribution >= 4 is 10.0 Å². The van der Waals surface area contributed by atoms with E-state index in [1.165, 1.54) is 6.07 Å². The topological polar surface area (TPSA) is 58.2 Å². The van der Waals surface area contributed by atoms with Gasteiger partial charge in [0.1, 0.15) is 5.82 Å². The van der Waals surface area contributed by atoms with E-state index >= 15 is 0 Å². The van der Waals surface area contributed by atoms with Gasteiger partial charge in [-0.15, -0.1) is 0 Å². The number of hydrogen-bond acceptors (Lipinski definition) is 3. The monoisotopic (exact) mass is 302 g/mol. The summed E-state index contributed by atoms with van der Waals surface area (Å²) in [5.41, 5.74) is 1.17. The van der Waals surface area contributed by atoms with Crippen LogP contribution >= 0.6 is 0 Å². The first-order valence-corrected chi connectivity index (χ1v) is 8.36. The highest BCUT2D eigenvalue weighted by Crippen LogP contribution is 2.17. The van der Waals surface area contributed by atoms with Crippen molar-refractivity contribution in [3.8, 4) is 0 Å². The Morgan fingerprint density at radius 3 is 2.45 bits per heavy atom. The van der Waals surface area contributed by atoms with Crippen LogP contribution in [0.1, 0.15) is 37.9 Å². The maximum absolute atomic E-state index is 13.5. The van der Waals surface area contributed by atoms with Crippen molar-refractivity contribution in [3.05, 3.63) is 35.1 Å². The average Bonchev–Trinajstić information content (AvgIpc) is 2.31. The van der Waals surface area contributed by atoms with E-state index in [0.29, 0.717) is 17.7 Å². The van der Waals surface area contributed by atoms with Crippen molar-refractivity contribution in [2.75, 3.05) is 12.3 Å². The molecule has 0 amide bonds. The molecule has 0 heterocycles. The quantitative estimate of drug-likeness (QED) is 0.811. The van der Waals surface area contributed by atoms with E-state index in [-0.39, 0.29) is 17.6 Å². The summed E-state index contributed by atoms with van der Waals surface area (Å²) >= 11 is 0. The van der Waals surface area contributed by atoms with Crippen molar-refractivity contribution in [1.82, 2.24) is 10.0 Å². The summed E-state index contributed by atoms with van der Waals surface area (Å²) in [6.07, 6.45) is 0. The average molecular weight is 302 g/mol. The molecular formula is C14H23FN2O2S. The highest BCUT2D eigenvalue weighted by atomic mass is 32.2. The zero-order valence-electron chi connectivity index (χ0n) is 12.4. The predicted molar refractivity (Wildman–Crippen MR) is 79.6 cm³/mol. The molecule has 0 radical (unpaired) electrons. The van der Waals surface area contributed by atoms with E-state index < -0.39 is 16.1 Å². The first-order chi connectivity index (χ1) is 9.21. The molecule has 2 N–H and O–H groups in total. The molecule has 0 saturated carbocycles. The summed E-state index contributed by atoms with van der Waals surface area (Å²) in [6.45, 7) is 7.68. The van der Waals surface area contributed by atoms with Crippen molar-refractivity contribution in [2.24, 2.45) is 0 Å². The lowest BCUT2D eigenvalue weighted by molar-refractivity contribution is 0.553. The third-order valence-electron chi connectivity index (χ3n) is 2.98. The fourth-order valence-electron chi connectivity index (χ4n) is 1.76. The van der Waals surface area contributed by atoms with Gasteiger partial charge in [0.25, 0.3) is 0 Å². The van der Waals surface area contributed by atoms with Crippen LogP contribution in [0.3, 0.4) is 0 Å². The van der Waals surface area contributed by atoms with Gasteiger partial charge in [-0.25, -0.2) is 17.5 Å². The van der Waals surface area contributed by atoms with Gasteiger partial charge in [0, 0.05) is 18.6 Å². The van der Waals surface area contributed by atoms with Crippen LogP contribution in [0.25, 0.3) is 0 Å². The van der Waals surface area contributed by atoms with E-state index in [2.05, 4.69) is 10.0 Å². The van der Waals surface area contributed by atoms with Crippen LogP contribution in [-0.2, 0) is 10.0 Å². The third kappa shape index (κ3) is 5.56. The Kier molecular flexibility index (Phi) is 6.10. The maximum Gasteiger partial charge on any atom is 0.213 e. The molecule has 0 bridgehead atoms. The highest BCUT2D eigenvalue weighted by Gasteiger charge is 2.16. The minimum atomic E-state index is -3.38. The summed E-state index contributed by atoms with van der Waals surface area (Å²) in [4.78, 5) is 0. The number of nitrogens with one attached hydrogen (secondary N) is 2. The molecule has 20 heavy (non-hydrogen) atoms. The number of sulfonamides is 1. The zero-order valence-corrected chi connectivity index (χ0v) is 13.2. The second-order valence-electron chi connectivity index (χ2n) is 5.28. The van der Waals surface area contributed by atoms with Crippen LogP contribution in [0.2, 0.25) is 0 Å². The number of rotatable bonds is 7. The van der Waals surface area contributed by atoms with Gasteiger partial charge in [0.05, 0.1) is 5.75 Å². The van der Waals surface area contributed by atoms with Gasteiger partial charge in [-0.2, -0.15) is 0 Å². The number of aryl methyl sites for hydroxylation is 1. The summed E-state index contributed by atoms with van der Waals surface area (Å²) < 4.78 is 39.8. The normalized spacial score (nSPS) is 13.7. The minimum Gasteiger partial charge on any atom is -0.313 e. The Morgan fingerprint density at radius 1 is 1.25 bits per heavy atom. The first-order valence-electron chi connectivity index (χ1n) is 6.70. The Hall–Kier alpha value is -0.980. The molecule has 1 unspecified atom stereocenters. The van der Waals surface area contributed by atoms with Gasteiger partial charge >= 0.3 is 0 Å². The maximum atomic E-state index is 13.5. The van der Waals surface area contributed by atoms with Crippen LogP contribution in [0.5, 0.6) is 0 Å². The summed E-state index contributed by atoms with van der Waals surface area (Å²) in [6, 6.07) is 4.55. The second kappa shape index (κ2) is 7.15. The van der Waals surface area contributed by atoms with Crippen LogP contribution in [0.4, 0.5) is 4.39 Å². The molecule has 0 fully saturated rings. The largest absolute Gasteiger partial charge is 0.313 e. The molecule has 4 nitrogen and oxygen atoms in total. The molecule has 0 aliphatic carbocycles. The lowest BCUT2D eigenvalue weighted by atomic mass is 10.1. The van der Waals surface area contributed by atoms with Gasteiger partial charge in [0.15, 0.2) is 0 Å². The third-order valence-corrected chi connectivity index (χ3v) is 4.43. The van der Waals surface area contributed by atoms with Gasteiger partial charge in [-0.1, -0.05) is 26.0 Å². The van der Waals surface area contributed by atoms with Gasteiger partial charge in [-0.3, -0.25) is 0 Å². The van der Waals surface area contributed by atoms with Crippen molar-refractivity contribution < 1.29 is 12.8 Å². The molecule has 1 aromatic carbocycles. The highest BCUT2D eigenvalue weighted by molar-refractivity contribution is 7.89. The summed E-state index contributed by atoms with van der Waals surface area (Å²) in [7, 11) is -3.38. The molecule has 0 spiro atoms. The number of halogens is 1. The van der Waals surface area contributed by atoms with Crippen molar-refractivity contribution in [3.63, 3.8) is 0 Å². The Bertz CT molecular complexity index is 544. The second-order valence-corrected chi connectivity index (χ2v) is 7.15. The van der Waals surface area contributed by atoms with Crippen molar-refractivity contribution in [2.45, 2.75) is 39.8 Å². The van der Waals surface area contributed by atoms with Gasteiger partial charge < -0.3 is 5.32 Å². The molecule has 0 aliphatic rings. The number of benzene rings is 1. The molecule has 1 aromatic rings. The van der Waals surface area contributed by atoms with Crippen molar-refractivity contribution in [1.29, 1.82) is 0 Å². The molecular weight excluding hydrogens is 279 g/mol. The smallest absolute Gasteiger partial charge is 0.213 e. The van der Waals surface area contributed by atoms with Crippen LogP contribution < -0.4 is 10.0 Å². The standard InChI is InChI=1S/C14H23FN2O2S/c1-10(2)16-7-8-20(18,19)17-12(4)13-6-5-11(3)14(15)9-13/h5-6,9-10,12,16-17H,7-8H2,1-4H3. The first kappa shape index (κ1) is 17.1. The molecule has 0 aliphatic heterocycles. The van der Waals surface area contributed by atoms with Gasteiger partial charge in [-0.05, 0) is 31.0 Å². The lowest BCUT2D eigenvalue weighted by Crippen LogP contribution is -2.35. The van der Waals surface area contributed by atoms with E-state index in [1.807, 2.05) is 13.8 Å². The molecule has 114 valence electrons. The fourth-order valence-corrected chi connectivity index (χ4v) is 2.94. The van der Waals surface area contributed by atoms with Crippen LogP contribution in [0.15, 0.2) is 18.2 Å². The SMILES string of the molecule is Cc1ccc(C(C)NS(=O)(=O)CCNC(C)C)cc1F. The molecule has 6 heteroatoms. The summed E-state index contributed by atoms with van der Waals surface area (Å²) in [5, 5.41) is 3.05. The minimum absolute atomic E-state index is 0.00383. The summed E-state index contributed by atoms with van der Waals surface area (Å²) in [5.74, 6) is -0.320. The van der Waals surface area contributed by atoms with E-state index in [9.17, 15) is 12.8 Å². The van der Waals surface area contributed by atoms with Crippen LogP contribution in [-0.4, -0.2) is 26.8 Å². The van der Waals surface area contributed by atoms with Crippen LogP contribution in [0, 0.1) is 12.7 Å².